The van der Waals surface area contributed by atoms with Crippen LogP contribution in [0.3, 0.4) is 0 Å². The van der Waals surface area contributed by atoms with Gasteiger partial charge in [-0.3, -0.25) is 14.4 Å². The molecule has 4 aromatic rings. The highest BCUT2D eigenvalue weighted by molar-refractivity contribution is 7.89. The first-order valence-electron chi connectivity index (χ1n) is 11.4. The number of aryl methyl sites for hydroxylation is 1. The Morgan fingerprint density at radius 3 is 2.50 bits per heavy atom. The molecule has 2 aromatic heterocycles. The van der Waals surface area contributed by atoms with Crippen LogP contribution in [0.15, 0.2) is 57.8 Å². The van der Waals surface area contributed by atoms with E-state index in [2.05, 4.69) is 15.0 Å². The predicted octanol–water partition coefficient (Wildman–Crippen LogP) is 2.54. The van der Waals surface area contributed by atoms with E-state index in [0.717, 1.165) is 35.1 Å². The Morgan fingerprint density at radius 2 is 1.82 bits per heavy atom. The minimum atomic E-state index is -4.18. The van der Waals surface area contributed by atoms with E-state index in [9.17, 15) is 37.8 Å². The van der Waals surface area contributed by atoms with Gasteiger partial charge in [-0.25, -0.2) is 22.9 Å². The van der Waals surface area contributed by atoms with Crippen LogP contribution in [0.1, 0.15) is 47.6 Å². The topological polar surface area (TPSA) is 213 Å². The number of thiophene rings is 1. The number of ketones is 1. The molecule has 5 N–H and O–H groups in total. The molecule has 1 unspecified atom stereocenters. The zero-order valence-electron chi connectivity index (χ0n) is 20.6. The van der Waals surface area contributed by atoms with Gasteiger partial charge in [0, 0.05) is 11.4 Å². The van der Waals surface area contributed by atoms with Gasteiger partial charge >= 0.3 is 11.9 Å². The largest absolute Gasteiger partial charge is 0.507 e. The van der Waals surface area contributed by atoms with Gasteiger partial charge in [0.2, 0.25) is 15.8 Å². The number of nitrogens with zero attached hydrogens (tertiary/aromatic N) is 1. The number of Topliss-reactive ketones (excluding diaryl/α,β-unsaturated/α-hetero) is 1. The maximum atomic E-state index is 13.0. The number of oxazole rings is 1. The van der Waals surface area contributed by atoms with Gasteiger partial charge in [-0.15, -0.1) is 11.3 Å². The zero-order chi connectivity index (χ0) is 29.2. The lowest BCUT2D eigenvalue weighted by Gasteiger charge is -2.13. The summed E-state index contributed by atoms with van der Waals surface area (Å²) in [7, 11) is -4.18. The van der Waals surface area contributed by atoms with E-state index in [-0.39, 0.29) is 22.2 Å². The van der Waals surface area contributed by atoms with Gasteiger partial charge in [0.15, 0.2) is 5.58 Å². The number of rotatable bonds is 11. The van der Waals surface area contributed by atoms with Crippen LogP contribution < -0.4 is 10.0 Å². The second kappa shape index (κ2) is 11.3. The highest BCUT2D eigenvalue weighted by Gasteiger charge is 2.30. The van der Waals surface area contributed by atoms with Gasteiger partial charge in [0.25, 0.3) is 11.8 Å². The molecule has 0 saturated carbocycles. The first-order valence-corrected chi connectivity index (χ1v) is 13.7. The van der Waals surface area contributed by atoms with Crippen LogP contribution in [0.25, 0.3) is 11.1 Å². The van der Waals surface area contributed by atoms with E-state index in [1.807, 2.05) is 0 Å². The minimum absolute atomic E-state index is 0.0728. The number of aromatic nitrogens is 1. The maximum Gasteiger partial charge on any atom is 0.339 e. The molecule has 2 aromatic carbocycles. The number of para-hydroxylation sites is 1. The molecule has 0 spiro atoms. The highest BCUT2D eigenvalue weighted by atomic mass is 32.2. The average Bonchev–Trinajstić information content (AvgIpc) is 3.55. The number of carbonyl (C=O) groups is 4. The number of phenols is 1. The third-order valence-electron chi connectivity index (χ3n) is 5.65. The molecule has 0 aliphatic rings. The second-order valence-electron chi connectivity index (χ2n) is 8.50. The Kier molecular flexibility index (Phi) is 7.99. The Balaban J connectivity index is 1.46. The van der Waals surface area contributed by atoms with E-state index in [1.54, 1.807) is 25.1 Å². The van der Waals surface area contributed by atoms with Crippen LogP contribution in [0.2, 0.25) is 0 Å². The first kappa shape index (κ1) is 28.4. The standard InChI is InChI=1S/C25H21N3O10S2/c1-12-3-2-4-16-22(12)38-24(28-16)21(32)17(10-20(30)31)27-23(33)19-8-5-13(39-19)11-26-40(36,37)14-6-7-18(29)15(9-14)25(34)35/h2-9,17,26,29H,10-11H2,1H3,(H,27,33)(H,30,31)(H,34,35). The third kappa shape index (κ3) is 6.17. The van der Waals surface area contributed by atoms with Crippen molar-refractivity contribution in [3.8, 4) is 5.75 Å². The van der Waals surface area contributed by atoms with Crippen LogP contribution in [0, 0.1) is 6.92 Å². The van der Waals surface area contributed by atoms with Crippen molar-refractivity contribution in [1.29, 1.82) is 0 Å². The van der Waals surface area contributed by atoms with Gasteiger partial charge < -0.3 is 25.1 Å². The fourth-order valence-electron chi connectivity index (χ4n) is 3.65. The average molecular weight is 588 g/mol. The van der Waals surface area contributed by atoms with E-state index in [1.165, 1.54) is 12.1 Å². The smallest absolute Gasteiger partial charge is 0.339 e. The van der Waals surface area contributed by atoms with Crippen molar-refractivity contribution >= 4 is 56.1 Å². The molecule has 0 fully saturated rings. The van der Waals surface area contributed by atoms with Crippen LogP contribution in [0.5, 0.6) is 5.75 Å². The summed E-state index contributed by atoms with van der Waals surface area (Å²) < 4.78 is 33.0. The number of fused-ring (bicyclic) bond motifs is 1. The van der Waals surface area contributed by atoms with Crippen molar-refractivity contribution in [1.82, 2.24) is 15.0 Å². The van der Waals surface area contributed by atoms with Crippen LogP contribution in [0.4, 0.5) is 0 Å². The fourth-order valence-corrected chi connectivity index (χ4v) is 5.63. The number of benzene rings is 2. The number of carboxylic acids is 2. The van der Waals surface area contributed by atoms with Crippen molar-refractivity contribution in [2.75, 3.05) is 0 Å². The lowest BCUT2D eigenvalue weighted by atomic mass is 10.1. The number of aromatic carboxylic acids is 1. The van der Waals surface area contributed by atoms with Crippen molar-refractivity contribution in [2.45, 2.75) is 30.8 Å². The van der Waals surface area contributed by atoms with Crippen LogP contribution in [-0.2, 0) is 21.4 Å². The van der Waals surface area contributed by atoms with Crippen LogP contribution in [-0.4, -0.2) is 58.4 Å². The lowest BCUT2D eigenvalue weighted by molar-refractivity contribution is -0.137. The Morgan fingerprint density at radius 1 is 1.07 bits per heavy atom. The Hall–Kier alpha value is -4.60. The number of hydrogen-bond donors (Lipinski definition) is 5. The fraction of sp³-hybridized carbons (Fsp3) is 0.160. The van der Waals surface area contributed by atoms with Gasteiger partial charge in [0.05, 0.1) is 16.2 Å². The van der Waals surface area contributed by atoms with Gasteiger partial charge in [0.1, 0.15) is 22.9 Å². The molecule has 40 heavy (non-hydrogen) atoms. The molecule has 1 atom stereocenters. The van der Waals surface area contributed by atoms with E-state index in [4.69, 9.17) is 9.52 Å². The number of nitrogens with one attached hydrogen (secondary N) is 2. The SMILES string of the molecule is Cc1cccc2nc(C(=O)C(CC(=O)O)NC(=O)c3ccc(CNS(=O)(=O)c4ccc(O)c(C(=O)O)c4)s3)oc12. The first-order chi connectivity index (χ1) is 18.9. The molecular formula is C25H21N3O10S2. The van der Waals surface area contributed by atoms with E-state index in [0.29, 0.717) is 16.0 Å². The molecule has 1 amide bonds. The summed E-state index contributed by atoms with van der Waals surface area (Å²) in [6, 6.07) is 9.24. The molecule has 0 aliphatic carbocycles. The summed E-state index contributed by atoms with van der Waals surface area (Å²) >= 11 is 0.891. The Bertz CT molecular complexity index is 1760. The van der Waals surface area contributed by atoms with Crippen molar-refractivity contribution in [2.24, 2.45) is 0 Å². The number of aliphatic carboxylic acids is 1. The number of sulfonamides is 1. The van der Waals surface area contributed by atoms with Gasteiger partial charge in [-0.1, -0.05) is 12.1 Å². The van der Waals surface area contributed by atoms with Crippen molar-refractivity contribution < 1.29 is 47.3 Å². The molecule has 2 heterocycles. The summed E-state index contributed by atoms with van der Waals surface area (Å²) in [6.07, 6.45) is -0.731. The number of hydrogen-bond acceptors (Lipinski definition) is 10. The number of carbonyl (C=O) groups excluding carboxylic acids is 2. The summed E-state index contributed by atoms with van der Waals surface area (Å²) in [4.78, 5) is 52.6. The van der Waals surface area contributed by atoms with Crippen LogP contribution >= 0.6 is 11.3 Å². The molecule has 0 aliphatic heterocycles. The molecule has 15 heteroatoms. The van der Waals surface area contributed by atoms with E-state index < -0.39 is 57.4 Å². The van der Waals surface area contributed by atoms with Crippen molar-refractivity contribution in [3.05, 3.63) is 75.3 Å². The minimum Gasteiger partial charge on any atom is -0.507 e. The molecule has 0 saturated heterocycles. The molecular weight excluding hydrogens is 566 g/mol. The summed E-state index contributed by atoms with van der Waals surface area (Å²) in [5, 5.41) is 30.4. The van der Waals surface area contributed by atoms with Crippen molar-refractivity contribution in [3.63, 3.8) is 0 Å². The summed E-state index contributed by atoms with van der Waals surface area (Å²) in [5.41, 5.74) is 0.900. The van der Waals surface area contributed by atoms with Gasteiger partial charge in [-0.05, 0) is 48.9 Å². The summed E-state index contributed by atoms with van der Waals surface area (Å²) in [6.45, 7) is 1.49. The maximum absolute atomic E-state index is 13.0. The third-order valence-corrected chi connectivity index (χ3v) is 8.14. The number of carboxylic acid groups (broad SMARTS) is 2. The number of amides is 1. The second-order valence-corrected chi connectivity index (χ2v) is 11.4. The lowest BCUT2D eigenvalue weighted by Crippen LogP contribution is -2.42. The highest BCUT2D eigenvalue weighted by Crippen LogP contribution is 2.23. The molecule has 208 valence electrons. The predicted molar refractivity (Wildman–Crippen MR) is 140 cm³/mol. The monoisotopic (exact) mass is 587 g/mol. The molecule has 0 radical (unpaired) electrons. The van der Waals surface area contributed by atoms with Gasteiger partial charge in [-0.2, -0.15) is 0 Å². The van der Waals surface area contributed by atoms with E-state index >= 15 is 0 Å². The quantitative estimate of drug-likeness (QED) is 0.161. The molecule has 4 rings (SSSR count). The number of aromatic hydroxyl groups is 1. The Labute approximate surface area is 230 Å². The zero-order valence-corrected chi connectivity index (χ0v) is 22.2. The molecule has 13 nitrogen and oxygen atoms in total. The molecule has 0 bridgehead atoms. The normalized spacial score (nSPS) is 12.2. The summed E-state index contributed by atoms with van der Waals surface area (Å²) in [5.74, 6) is -5.38.